The van der Waals surface area contributed by atoms with E-state index in [-0.39, 0.29) is 5.91 Å². The summed E-state index contributed by atoms with van der Waals surface area (Å²) in [5.41, 5.74) is 1.08. The summed E-state index contributed by atoms with van der Waals surface area (Å²) in [6, 6.07) is 4.14. The minimum absolute atomic E-state index is 0.293. The lowest BCUT2D eigenvalue weighted by Crippen LogP contribution is -2.24. The average Bonchev–Trinajstić information content (AvgIpc) is 2.82. The van der Waals surface area contributed by atoms with E-state index in [0.29, 0.717) is 17.9 Å². The van der Waals surface area contributed by atoms with Gasteiger partial charge in [-0.1, -0.05) is 6.07 Å². The zero-order valence-electron chi connectivity index (χ0n) is 9.33. The van der Waals surface area contributed by atoms with Gasteiger partial charge in [-0.3, -0.25) is 4.79 Å². The van der Waals surface area contributed by atoms with Gasteiger partial charge in [0.15, 0.2) is 0 Å². The van der Waals surface area contributed by atoms with E-state index in [1.54, 1.807) is 25.4 Å². The number of carbonyl (C=O) groups excluding carboxylic acids is 1. The SMILES string of the molecule is Cc1ccc(F)cc1C(=O)NCc1ncc[nH]1. The second-order valence-electron chi connectivity index (χ2n) is 3.68. The van der Waals surface area contributed by atoms with E-state index in [0.717, 1.165) is 5.56 Å². The average molecular weight is 233 g/mol. The summed E-state index contributed by atoms with van der Waals surface area (Å²) in [6.07, 6.45) is 3.28. The van der Waals surface area contributed by atoms with Crippen LogP contribution in [0.25, 0.3) is 0 Å². The second kappa shape index (κ2) is 4.78. The van der Waals surface area contributed by atoms with Gasteiger partial charge >= 0.3 is 0 Å². The van der Waals surface area contributed by atoms with E-state index in [9.17, 15) is 9.18 Å². The number of amides is 1. The first-order chi connectivity index (χ1) is 8.16. The molecule has 0 bridgehead atoms. The number of aromatic amines is 1. The zero-order chi connectivity index (χ0) is 12.3. The van der Waals surface area contributed by atoms with Crippen molar-refractivity contribution in [1.82, 2.24) is 15.3 Å². The summed E-state index contributed by atoms with van der Waals surface area (Å²) >= 11 is 0. The van der Waals surface area contributed by atoms with Gasteiger partial charge in [0, 0.05) is 18.0 Å². The Morgan fingerprint density at radius 3 is 3.06 bits per heavy atom. The minimum Gasteiger partial charge on any atom is -0.347 e. The summed E-state index contributed by atoms with van der Waals surface area (Å²) in [4.78, 5) is 18.6. The fourth-order valence-corrected chi connectivity index (χ4v) is 1.49. The lowest BCUT2D eigenvalue weighted by Gasteiger charge is -2.06. The van der Waals surface area contributed by atoms with Gasteiger partial charge < -0.3 is 10.3 Å². The molecule has 88 valence electrons. The summed E-state index contributed by atoms with van der Waals surface area (Å²) in [5.74, 6) is -0.0652. The van der Waals surface area contributed by atoms with Gasteiger partial charge in [0.1, 0.15) is 11.6 Å². The van der Waals surface area contributed by atoms with Gasteiger partial charge in [0.2, 0.25) is 0 Å². The van der Waals surface area contributed by atoms with E-state index >= 15 is 0 Å². The van der Waals surface area contributed by atoms with Crippen LogP contribution in [0.3, 0.4) is 0 Å². The van der Waals surface area contributed by atoms with Crippen molar-refractivity contribution in [3.05, 3.63) is 53.4 Å². The Morgan fingerprint density at radius 2 is 2.35 bits per heavy atom. The van der Waals surface area contributed by atoms with Crippen molar-refractivity contribution in [3.63, 3.8) is 0 Å². The molecule has 0 aliphatic rings. The first kappa shape index (κ1) is 11.3. The van der Waals surface area contributed by atoms with Gasteiger partial charge in [0.05, 0.1) is 6.54 Å². The molecule has 17 heavy (non-hydrogen) atoms. The molecule has 2 N–H and O–H groups in total. The molecule has 2 rings (SSSR count). The Kier molecular flexibility index (Phi) is 3.18. The van der Waals surface area contributed by atoms with Gasteiger partial charge in [0.25, 0.3) is 5.91 Å². The molecule has 0 saturated heterocycles. The van der Waals surface area contributed by atoms with Crippen LogP contribution in [0.1, 0.15) is 21.7 Å². The molecule has 0 radical (unpaired) electrons. The molecule has 0 saturated carbocycles. The van der Waals surface area contributed by atoms with Crippen LogP contribution in [-0.4, -0.2) is 15.9 Å². The van der Waals surface area contributed by atoms with Crippen molar-refractivity contribution < 1.29 is 9.18 Å². The number of H-pyrrole nitrogens is 1. The minimum atomic E-state index is -0.418. The third-order valence-electron chi connectivity index (χ3n) is 2.42. The first-order valence-electron chi connectivity index (χ1n) is 5.19. The van der Waals surface area contributed by atoms with E-state index < -0.39 is 5.82 Å². The van der Waals surface area contributed by atoms with Gasteiger partial charge in [-0.25, -0.2) is 9.37 Å². The van der Waals surface area contributed by atoms with E-state index in [2.05, 4.69) is 15.3 Å². The number of imidazole rings is 1. The van der Waals surface area contributed by atoms with E-state index in [1.807, 2.05) is 0 Å². The number of nitrogens with one attached hydrogen (secondary N) is 2. The molecule has 0 fully saturated rings. The highest BCUT2D eigenvalue weighted by Gasteiger charge is 2.10. The molecule has 0 aliphatic carbocycles. The third kappa shape index (κ3) is 2.69. The fraction of sp³-hybridized carbons (Fsp3) is 0.167. The number of rotatable bonds is 3. The zero-order valence-corrected chi connectivity index (χ0v) is 9.33. The third-order valence-corrected chi connectivity index (χ3v) is 2.42. The molecule has 0 aliphatic heterocycles. The van der Waals surface area contributed by atoms with Crippen LogP contribution < -0.4 is 5.32 Å². The van der Waals surface area contributed by atoms with Crippen LogP contribution in [0.5, 0.6) is 0 Å². The van der Waals surface area contributed by atoms with Crippen LogP contribution in [-0.2, 0) is 6.54 Å². The Hall–Kier alpha value is -2.17. The van der Waals surface area contributed by atoms with Crippen molar-refractivity contribution in [3.8, 4) is 0 Å². The Labute approximate surface area is 97.9 Å². The number of aromatic nitrogens is 2. The summed E-state index contributed by atoms with van der Waals surface area (Å²) in [7, 11) is 0. The highest BCUT2D eigenvalue weighted by Crippen LogP contribution is 2.10. The maximum Gasteiger partial charge on any atom is 0.252 e. The van der Waals surface area contributed by atoms with Crippen molar-refractivity contribution in [2.75, 3.05) is 0 Å². The van der Waals surface area contributed by atoms with Crippen molar-refractivity contribution in [2.24, 2.45) is 0 Å². The maximum atomic E-state index is 13.0. The lowest BCUT2D eigenvalue weighted by molar-refractivity contribution is 0.0949. The summed E-state index contributed by atoms with van der Waals surface area (Å²) in [5, 5.41) is 2.67. The number of hydrogen-bond donors (Lipinski definition) is 2. The standard InChI is InChI=1S/C12H12FN3O/c1-8-2-3-9(13)6-10(8)12(17)16-7-11-14-4-5-15-11/h2-6H,7H2,1H3,(H,14,15)(H,16,17). The van der Waals surface area contributed by atoms with Gasteiger partial charge in [-0.2, -0.15) is 0 Å². The normalized spacial score (nSPS) is 10.2. The number of nitrogens with zero attached hydrogens (tertiary/aromatic N) is 1. The molecule has 2 aromatic rings. The highest BCUT2D eigenvalue weighted by atomic mass is 19.1. The second-order valence-corrected chi connectivity index (χ2v) is 3.68. The Bertz CT molecular complexity index is 523. The van der Waals surface area contributed by atoms with Crippen molar-refractivity contribution in [1.29, 1.82) is 0 Å². The smallest absolute Gasteiger partial charge is 0.252 e. The first-order valence-corrected chi connectivity index (χ1v) is 5.19. The molecule has 4 nitrogen and oxygen atoms in total. The number of carbonyl (C=O) groups is 1. The largest absolute Gasteiger partial charge is 0.347 e. The van der Waals surface area contributed by atoms with Gasteiger partial charge in [-0.05, 0) is 24.6 Å². The number of benzene rings is 1. The maximum absolute atomic E-state index is 13.0. The highest BCUT2D eigenvalue weighted by molar-refractivity contribution is 5.95. The number of aryl methyl sites for hydroxylation is 1. The topological polar surface area (TPSA) is 57.8 Å². The molecular formula is C12H12FN3O. The van der Waals surface area contributed by atoms with Crippen LogP contribution in [0, 0.1) is 12.7 Å². The monoisotopic (exact) mass is 233 g/mol. The predicted octanol–water partition coefficient (Wildman–Crippen LogP) is 1.79. The molecular weight excluding hydrogens is 221 g/mol. The molecule has 1 amide bonds. The van der Waals surface area contributed by atoms with Crippen molar-refractivity contribution >= 4 is 5.91 Å². The quantitative estimate of drug-likeness (QED) is 0.849. The van der Waals surface area contributed by atoms with Crippen LogP contribution >= 0.6 is 0 Å². The molecule has 0 atom stereocenters. The molecule has 1 aromatic carbocycles. The van der Waals surface area contributed by atoms with E-state index in [1.165, 1.54) is 12.1 Å². The molecule has 5 heteroatoms. The van der Waals surface area contributed by atoms with E-state index in [4.69, 9.17) is 0 Å². The Balaban J connectivity index is 2.07. The fourth-order valence-electron chi connectivity index (χ4n) is 1.49. The summed E-state index contributed by atoms with van der Waals surface area (Å²) < 4.78 is 13.0. The summed E-state index contributed by atoms with van der Waals surface area (Å²) in [6.45, 7) is 2.06. The van der Waals surface area contributed by atoms with Crippen LogP contribution in [0.4, 0.5) is 4.39 Å². The molecule has 0 spiro atoms. The molecule has 1 aromatic heterocycles. The predicted molar refractivity (Wildman–Crippen MR) is 60.9 cm³/mol. The molecule has 0 unspecified atom stereocenters. The molecule has 1 heterocycles. The van der Waals surface area contributed by atoms with Crippen LogP contribution in [0.15, 0.2) is 30.6 Å². The van der Waals surface area contributed by atoms with Crippen molar-refractivity contribution in [2.45, 2.75) is 13.5 Å². The van der Waals surface area contributed by atoms with Crippen LogP contribution in [0.2, 0.25) is 0 Å². The lowest BCUT2D eigenvalue weighted by atomic mass is 10.1. The Morgan fingerprint density at radius 1 is 1.53 bits per heavy atom. The number of hydrogen-bond acceptors (Lipinski definition) is 2. The number of halogens is 1. The van der Waals surface area contributed by atoms with Gasteiger partial charge in [-0.15, -0.1) is 0 Å².